The van der Waals surface area contributed by atoms with Crippen LogP contribution in [-0.4, -0.2) is 24.0 Å². The Morgan fingerprint density at radius 2 is 2.00 bits per heavy atom. The van der Waals surface area contributed by atoms with Crippen molar-refractivity contribution in [3.63, 3.8) is 0 Å². The monoisotopic (exact) mass is 184 g/mol. The number of carboxylic acid groups (broad SMARTS) is 1. The second-order valence-electron chi connectivity index (χ2n) is 2.82. The Balaban J connectivity index is 2.37. The second-order valence-corrected chi connectivity index (χ2v) is 2.82. The van der Waals surface area contributed by atoms with E-state index in [9.17, 15) is 18.0 Å². The summed E-state index contributed by atoms with van der Waals surface area (Å²) in [4.78, 5) is 10.4. The first-order valence-corrected chi connectivity index (χ1v) is 3.30. The molecule has 1 rings (SSSR count). The third-order valence-corrected chi connectivity index (χ3v) is 1.82. The van der Waals surface area contributed by atoms with Gasteiger partial charge in [-0.1, -0.05) is 0 Å². The fourth-order valence-corrected chi connectivity index (χ4v) is 0.791. The molecule has 0 heterocycles. The molecule has 0 amide bonds. The third kappa shape index (κ3) is 2.10. The number of aliphatic carboxylic acids is 1. The number of rotatable bonds is 3. The molecule has 0 radical (unpaired) electrons. The lowest BCUT2D eigenvalue weighted by atomic mass is 10.1. The van der Waals surface area contributed by atoms with Crippen molar-refractivity contribution in [3.8, 4) is 0 Å². The molecule has 12 heavy (non-hydrogen) atoms. The minimum atomic E-state index is -4.73. The van der Waals surface area contributed by atoms with Crippen molar-refractivity contribution in [1.82, 2.24) is 0 Å². The molecule has 70 valence electrons. The quantitative estimate of drug-likeness (QED) is 0.720. The van der Waals surface area contributed by atoms with E-state index in [0.717, 1.165) is 0 Å². The van der Waals surface area contributed by atoms with Crippen molar-refractivity contribution in [2.24, 2.45) is 5.41 Å². The van der Waals surface area contributed by atoms with E-state index in [0.29, 0.717) is 0 Å². The number of hydrogen-bond acceptors (Lipinski definition) is 2. The lowest BCUT2D eigenvalue weighted by Gasteiger charge is -2.11. The normalized spacial score (nSPS) is 20.6. The first-order chi connectivity index (χ1) is 5.36. The van der Waals surface area contributed by atoms with Crippen LogP contribution in [0.25, 0.3) is 0 Å². The molecule has 1 fully saturated rings. The van der Waals surface area contributed by atoms with Gasteiger partial charge in [0, 0.05) is 0 Å². The van der Waals surface area contributed by atoms with E-state index in [2.05, 4.69) is 4.74 Å². The van der Waals surface area contributed by atoms with Gasteiger partial charge in [0.25, 0.3) is 0 Å². The number of alkyl halides is 3. The Hall–Kier alpha value is -0.780. The molecule has 0 bridgehead atoms. The average molecular weight is 184 g/mol. The third-order valence-electron chi connectivity index (χ3n) is 1.82. The van der Waals surface area contributed by atoms with Gasteiger partial charge in [-0.3, -0.25) is 9.53 Å². The zero-order valence-corrected chi connectivity index (χ0v) is 6.02. The highest BCUT2D eigenvalue weighted by Gasteiger charge is 2.52. The predicted molar refractivity (Wildman–Crippen MR) is 31.3 cm³/mol. The van der Waals surface area contributed by atoms with Gasteiger partial charge in [-0.25, -0.2) is 0 Å². The number of ether oxygens (including phenoxy) is 1. The lowest BCUT2D eigenvalue weighted by molar-refractivity contribution is -0.329. The zero-order valence-electron chi connectivity index (χ0n) is 6.02. The Morgan fingerprint density at radius 3 is 2.25 bits per heavy atom. The highest BCUT2D eigenvalue weighted by atomic mass is 19.4. The summed E-state index contributed by atoms with van der Waals surface area (Å²) in [5, 5.41) is 8.45. The zero-order chi connectivity index (χ0) is 9.41. The molecule has 0 spiro atoms. The van der Waals surface area contributed by atoms with Gasteiger partial charge in [0.2, 0.25) is 0 Å². The molecule has 0 aromatic heterocycles. The summed E-state index contributed by atoms with van der Waals surface area (Å²) >= 11 is 0. The van der Waals surface area contributed by atoms with Gasteiger partial charge >= 0.3 is 12.3 Å². The first-order valence-electron chi connectivity index (χ1n) is 3.30. The van der Waals surface area contributed by atoms with Crippen LogP contribution in [0.4, 0.5) is 13.2 Å². The average Bonchev–Trinajstić information content (AvgIpc) is 2.61. The molecule has 0 unspecified atom stereocenters. The molecule has 6 heteroatoms. The van der Waals surface area contributed by atoms with Gasteiger partial charge in [-0.2, -0.15) is 0 Å². The molecule has 1 aliphatic carbocycles. The van der Waals surface area contributed by atoms with Crippen LogP contribution in [0.15, 0.2) is 0 Å². The molecule has 0 aromatic carbocycles. The van der Waals surface area contributed by atoms with E-state index in [-0.39, 0.29) is 12.8 Å². The Kier molecular flexibility index (Phi) is 2.03. The Morgan fingerprint density at radius 1 is 1.50 bits per heavy atom. The highest BCUT2D eigenvalue weighted by molar-refractivity contribution is 5.77. The standard InChI is InChI=1S/C6H7F3O3/c7-6(8,9)12-3-5(1-2-5)4(10)11/h1-3H2,(H,10,11). The van der Waals surface area contributed by atoms with Crippen LogP contribution in [0.1, 0.15) is 12.8 Å². The molecule has 0 aromatic rings. The molecule has 1 N–H and O–H groups in total. The van der Waals surface area contributed by atoms with Gasteiger partial charge in [-0.15, -0.1) is 13.2 Å². The fraction of sp³-hybridized carbons (Fsp3) is 0.833. The summed E-state index contributed by atoms with van der Waals surface area (Å²) in [5.74, 6) is -1.22. The molecule has 3 nitrogen and oxygen atoms in total. The largest absolute Gasteiger partial charge is 0.522 e. The molecular weight excluding hydrogens is 177 g/mol. The summed E-state index contributed by atoms with van der Waals surface area (Å²) in [5.41, 5.74) is -1.27. The van der Waals surface area contributed by atoms with Crippen molar-refractivity contribution in [2.75, 3.05) is 6.61 Å². The van der Waals surface area contributed by atoms with Crippen molar-refractivity contribution in [3.05, 3.63) is 0 Å². The fourth-order valence-electron chi connectivity index (χ4n) is 0.791. The minimum absolute atomic E-state index is 0.262. The van der Waals surface area contributed by atoms with E-state index >= 15 is 0 Å². The van der Waals surface area contributed by atoms with E-state index < -0.39 is 24.4 Å². The maximum atomic E-state index is 11.5. The van der Waals surface area contributed by atoms with E-state index in [1.807, 2.05) is 0 Å². The Labute approximate surface area is 66.1 Å². The summed E-state index contributed by atoms with van der Waals surface area (Å²) in [6.45, 7) is -0.772. The SMILES string of the molecule is O=C(O)C1(COC(F)(F)F)CC1. The number of halogens is 3. The van der Waals surface area contributed by atoms with Crippen LogP contribution < -0.4 is 0 Å². The number of hydrogen-bond donors (Lipinski definition) is 1. The molecule has 0 aliphatic heterocycles. The summed E-state index contributed by atoms with van der Waals surface area (Å²) < 4.78 is 37.8. The number of carbonyl (C=O) groups is 1. The van der Waals surface area contributed by atoms with Gasteiger partial charge in [0.05, 0.1) is 12.0 Å². The predicted octanol–water partition coefficient (Wildman–Crippen LogP) is 1.39. The van der Waals surface area contributed by atoms with Crippen LogP contribution >= 0.6 is 0 Å². The van der Waals surface area contributed by atoms with Crippen molar-refractivity contribution in [2.45, 2.75) is 19.2 Å². The summed E-state index contributed by atoms with van der Waals surface area (Å²) in [7, 11) is 0. The molecule has 1 saturated carbocycles. The van der Waals surface area contributed by atoms with Crippen molar-refractivity contribution >= 4 is 5.97 Å². The van der Waals surface area contributed by atoms with E-state index in [4.69, 9.17) is 5.11 Å². The van der Waals surface area contributed by atoms with Crippen LogP contribution in [0.3, 0.4) is 0 Å². The molecule has 0 atom stereocenters. The summed E-state index contributed by atoms with van der Waals surface area (Å²) in [6.07, 6.45) is -4.21. The first kappa shape index (κ1) is 9.31. The smallest absolute Gasteiger partial charge is 0.481 e. The number of carboxylic acids is 1. The van der Waals surface area contributed by atoms with Crippen molar-refractivity contribution in [1.29, 1.82) is 0 Å². The van der Waals surface area contributed by atoms with Gasteiger partial charge in [-0.05, 0) is 12.8 Å². The van der Waals surface area contributed by atoms with Crippen LogP contribution in [0.5, 0.6) is 0 Å². The van der Waals surface area contributed by atoms with Gasteiger partial charge < -0.3 is 5.11 Å². The van der Waals surface area contributed by atoms with Gasteiger partial charge in [0.1, 0.15) is 0 Å². The minimum Gasteiger partial charge on any atom is -0.481 e. The van der Waals surface area contributed by atoms with Crippen LogP contribution in [0, 0.1) is 5.41 Å². The van der Waals surface area contributed by atoms with E-state index in [1.54, 1.807) is 0 Å². The van der Waals surface area contributed by atoms with Gasteiger partial charge in [0.15, 0.2) is 0 Å². The highest BCUT2D eigenvalue weighted by Crippen LogP contribution is 2.46. The second kappa shape index (κ2) is 2.62. The lowest BCUT2D eigenvalue weighted by Crippen LogP contribution is -2.26. The van der Waals surface area contributed by atoms with Crippen molar-refractivity contribution < 1.29 is 27.8 Å². The summed E-state index contributed by atoms with van der Waals surface area (Å²) in [6, 6.07) is 0. The van der Waals surface area contributed by atoms with Crippen LogP contribution in [-0.2, 0) is 9.53 Å². The van der Waals surface area contributed by atoms with Crippen LogP contribution in [0.2, 0.25) is 0 Å². The van der Waals surface area contributed by atoms with E-state index in [1.165, 1.54) is 0 Å². The molecule has 0 saturated heterocycles. The Bertz CT molecular complexity index is 195. The molecular formula is C6H7F3O3. The molecule has 1 aliphatic rings. The topological polar surface area (TPSA) is 46.5 Å². The maximum absolute atomic E-state index is 11.5. The maximum Gasteiger partial charge on any atom is 0.522 e.